The van der Waals surface area contributed by atoms with Crippen LogP contribution in [0.15, 0.2) is 35.4 Å². The number of methoxy groups -OCH3 is 1. The molecule has 1 amide bonds. The highest BCUT2D eigenvalue weighted by atomic mass is 35.5. The molecular formula is C19H17ClN2O7. The number of rotatable bonds is 8. The molecule has 0 saturated carbocycles. The van der Waals surface area contributed by atoms with Crippen LogP contribution < -0.4 is 24.4 Å². The lowest BCUT2D eigenvalue weighted by molar-refractivity contribution is -0.139. The maximum absolute atomic E-state index is 12.1. The molecule has 0 unspecified atom stereocenters. The minimum atomic E-state index is -1.14. The maximum atomic E-state index is 12.1. The van der Waals surface area contributed by atoms with Crippen molar-refractivity contribution >= 4 is 29.7 Å². The number of carboxylic acid groups (broad SMARTS) is 1. The van der Waals surface area contributed by atoms with Crippen LogP contribution in [0.1, 0.15) is 11.1 Å². The smallest absolute Gasteiger partial charge is 0.341 e. The number of carbonyl (C=O) groups excluding carboxylic acids is 1. The zero-order valence-corrected chi connectivity index (χ0v) is 16.1. The number of hydrogen-bond acceptors (Lipinski definition) is 7. The third-order valence-corrected chi connectivity index (χ3v) is 4.08. The number of fused-ring (bicyclic) bond motifs is 1. The van der Waals surface area contributed by atoms with Crippen molar-refractivity contribution in [2.24, 2.45) is 5.10 Å². The molecule has 0 radical (unpaired) electrons. The standard InChI is InChI=1S/C19H17ClN2O7/c1-26-16-6-12(4-13(20)19(16)27-9-18(24)25)8-21-22-17(23)7-11-2-3-14-15(5-11)29-10-28-14/h2-6,8H,7,9-10H2,1H3,(H,22,23)(H,24,25)/b21-8+. The van der Waals surface area contributed by atoms with Crippen LogP contribution in [-0.4, -0.2) is 43.7 Å². The number of nitrogens with one attached hydrogen (secondary N) is 1. The van der Waals surface area contributed by atoms with Gasteiger partial charge in [0.1, 0.15) is 0 Å². The summed E-state index contributed by atoms with van der Waals surface area (Å²) in [6.45, 7) is -0.388. The topological polar surface area (TPSA) is 116 Å². The molecule has 3 rings (SSSR count). The van der Waals surface area contributed by atoms with Crippen LogP contribution in [0.5, 0.6) is 23.0 Å². The van der Waals surface area contributed by atoms with Crippen LogP contribution in [0.2, 0.25) is 5.02 Å². The molecule has 1 aliphatic heterocycles. The lowest BCUT2D eigenvalue weighted by Crippen LogP contribution is -2.19. The van der Waals surface area contributed by atoms with E-state index in [1.54, 1.807) is 24.3 Å². The first-order valence-corrected chi connectivity index (χ1v) is 8.76. The predicted molar refractivity (Wildman–Crippen MR) is 103 cm³/mol. The molecule has 0 atom stereocenters. The molecule has 2 aromatic carbocycles. The Morgan fingerprint density at radius 3 is 2.83 bits per heavy atom. The Morgan fingerprint density at radius 1 is 1.28 bits per heavy atom. The highest BCUT2D eigenvalue weighted by Crippen LogP contribution is 2.36. The van der Waals surface area contributed by atoms with Gasteiger partial charge in [0.05, 0.1) is 24.8 Å². The van der Waals surface area contributed by atoms with Gasteiger partial charge >= 0.3 is 5.97 Å². The molecule has 0 saturated heterocycles. The number of aliphatic carboxylic acids is 1. The van der Waals surface area contributed by atoms with E-state index >= 15 is 0 Å². The van der Waals surface area contributed by atoms with E-state index in [1.807, 2.05) is 0 Å². The number of amides is 1. The summed E-state index contributed by atoms with van der Waals surface area (Å²) in [4.78, 5) is 22.7. The molecule has 0 spiro atoms. The van der Waals surface area contributed by atoms with Crippen molar-refractivity contribution in [2.75, 3.05) is 20.5 Å². The molecule has 0 fully saturated rings. The zero-order chi connectivity index (χ0) is 20.8. The largest absolute Gasteiger partial charge is 0.493 e. The van der Waals surface area contributed by atoms with Gasteiger partial charge in [-0.05, 0) is 35.4 Å². The highest BCUT2D eigenvalue weighted by Gasteiger charge is 2.15. The molecule has 29 heavy (non-hydrogen) atoms. The first-order chi connectivity index (χ1) is 14.0. The number of benzene rings is 2. The van der Waals surface area contributed by atoms with E-state index in [0.29, 0.717) is 17.1 Å². The second-order valence-corrected chi connectivity index (χ2v) is 6.28. The Hall–Kier alpha value is -3.46. The van der Waals surface area contributed by atoms with Gasteiger partial charge in [-0.1, -0.05) is 17.7 Å². The van der Waals surface area contributed by atoms with Crippen LogP contribution in [0, 0.1) is 0 Å². The van der Waals surface area contributed by atoms with Gasteiger partial charge in [0.25, 0.3) is 0 Å². The average Bonchev–Trinajstić information content (AvgIpc) is 3.14. The van der Waals surface area contributed by atoms with Crippen molar-refractivity contribution in [3.63, 3.8) is 0 Å². The van der Waals surface area contributed by atoms with Crippen LogP contribution in [0.25, 0.3) is 0 Å². The number of carbonyl (C=O) groups is 2. The number of ether oxygens (including phenoxy) is 4. The number of nitrogens with zero attached hydrogens (tertiary/aromatic N) is 1. The molecule has 152 valence electrons. The fourth-order valence-electron chi connectivity index (χ4n) is 2.54. The number of hydrazone groups is 1. The quantitative estimate of drug-likeness (QED) is 0.497. The monoisotopic (exact) mass is 420 g/mol. The minimum Gasteiger partial charge on any atom is -0.493 e. The molecule has 0 aliphatic carbocycles. The van der Waals surface area contributed by atoms with E-state index < -0.39 is 12.6 Å². The van der Waals surface area contributed by atoms with E-state index in [-0.39, 0.29) is 35.6 Å². The Balaban J connectivity index is 1.61. The fourth-order valence-corrected chi connectivity index (χ4v) is 2.82. The summed E-state index contributed by atoms with van der Waals surface area (Å²) < 4.78 is 20.8. The molecular weight excluding hydrogens is 404 g/mol. The second kappa shape index (κ2) is 9.16. The number of carboxylic acids is 1. The van der Waals surface area contributed by atoms with Crippen molar-refractivity contribution in [3.05, 3.63) is 46.5 Å². The molecule has 0 aromatic heterocycles. The summed E-state index contributed by atoms with van der Waals surface area (Å²) in [5.74, 6) is 0.144. The third-order valence-electron chi connectivity index (χ3n) is 3.80. The van der Waals surface area contributed by atoms with Crippen LogP contribution in [0.3, 0.4) is 0 Å². The first kappa shape index (κ1) is 20.3. The van der Waals surface area contributed by atoms with Crippen molar-refractivity contribution in [1.82, 2.24) is 5.43 Å². The molecule has 2 N–H and O–H groups in total. The normalized spacial score (nSPS) is 12.1. The van der Waals surface area contributed by atoms with Gasteiger partial charge < -0.3 is 24.1 Å². The van der Waals surface area contributed by atoms with E-state index in [4.69, 9.17) is 35.7 Å². The Kier molecular flexibility index (Phi) is 6.40. The SMILES string of the molecule is COc1cc(/C=N/NC(=O)Cc2ccc3c(c2)OCO3)cc(Cl)c1OCC(=O)O. The van der Waals surface area contributed by atoms with Gasteiger partial charge in [0, 0.05) is 0 Å². The van der Waals surface area contributed by atoms with Gasteiger partial charge in [-0.25, -0.2) is 10.2 Å². The Bertz CT molecular complexity index is 962. The molecule has 10 heteroatoms. The van der Waals surface area contributed by atoms with Crippen molar-refractivity contribution in [2.45, 2.75) is 6.42 Å². The van der Waals surface area contributed by atoms with Gasteiger partial charge in [0.2, 0.25) is 12.7 Å². The summed E-state index contributed by atoms with van der Waals surface area (Å²) in [5, 5.41) is 12.8. The fraction of sp³-hybridized carbons (Fsp3) is 0.211. The summed E-state index contributed by atoms with van der Waals surface area (Å²) in [6.07, 6.45) is 1.49. The average molecular weight is 421 g/mol. The maximum Gasteiger partial charge on any atom is 0.341 e. The third kappa shape index (κ3) is 5.29. The molecule has 9 nitrogen and oxygen atoms in total. The van der Waals surface area contributed by atoms with E-state index in [1.165, 1.54) is 19.4 Å². The summed E-state index contributed by atoms with van der Waals surface area (Å²) in [5.41, 5.74) is 3.71. The minimum absolute atomic E-state index is 0.111. The zero-order valence-electron chi connectivity index (χ0n) is 15.3. The molecule has 1 aliphatic rings. The number of hydrogen-bond donors (Lipinski definition) is 2. The van der Waals surface area contributed by atoms with Crippen molar-refractivity contribution in [1.29, 1.82) is 0 Å². The van der Waals surface area contributed by atoms with Gasteiger partial charge in [0.15, 0.2) is 29.6 Å². The van der Waals surface area contributed by atoms with Crippen LogP contribution >= 0.6 is 11.6 Å². The predicted octanol–water partition coefficient (Wildman–Crippen LogP) is 2.23. The molecule has 0 bridgehead atoms. The highest BCUT2D eigenvalue weighted by molar-refractivity contribution is 6.32. The lowest BCUT2D eigenvalue weighted by Gasteiger charge is -2.11. The van der Waals surface area contributed by atoms with Crippen LogP contribution in [0.4, 0.5) is 0 Å². The van der Waals surface area contributed by atoms with Gasteiger partial charge in [-0.2, -0.15) is 5.10 Å². The Labute approximate surface area is 170 Å². The van der Waals surface area contributed by atoms with E-state index in [2.05, 4.69) is 10.5 Å². The van der Waals surface area contributed by atoms with E-state index in [0.717, 1.165) is 5.56 Å². The molecule has 1 heterocycles. The van der Waals surface area contributed by atoms with E-state index in [9.17, 15) is 9.59 Å². The summed E-state index contributed by atoms with van der Waals surface area (Å²) >= 11 is 6.12. The first-order valence-electron chi connectivity index (χ1n) is 8.39. The second-order valence-electron chi connectivity index (χ2n) is 5.87. The van der Waals surface area contributed by atoms with Gasteiger partial charge in [-0.15, -0.1) is 0 Å². The van der Waals surface area contributed by atoms with Crippen molar-refractivity contribution < 1.29 is 33.6 Å². The van der Waals surface area contributed by atoms with Crippen molar-refractivity contribution in [3.8, 4) is 23.0 Å². The Morgan fingerprint density at radius 2 is 2.07 bits per heavy atom. The summed E-state index contributed by atoms with van der Waals surface area (Å²) in [7, 11) is 1.40. The van der Waals surface area contributed by atoms with Gasteiger partial charge in [-0.3, -0.25) is 4.79 Å². The number of halogens is 1. The van der Waals surface area contributed by atoms with Crippen LogP contribution in [-0.2, 0) is 16.0 Å². The lowest BCUT2D eigenvalue weighted by atomic mass is 10.1. The molecule has 2 aromatic rings. The summed E-state index contributed by atoms with van der Waals surface area (Å²) in [6, 6.07) is 8.32.